The average molecular weight is 298 g/mol. The van der Waals surface area contributed by atoms with Crippen molar-refractivity contribution in [1.82, 2.24) is 4.90 Å². The van der Waals surface area contributed by atoms with Crippen molar-refractivity contribution in [3.05, 3.63) is 29.3 Å². The molecule has 0 radical (unpaired) electrons. The number of hydrogen-bond acceptors (Lipinski definition) is 3. The zero-order valence-corrected chi connectivity index (χ0v) is 12.3. The maximum atomic E-state index is 13.7. The molecule has 1 aromatic carbocycles. The van der Waals surface area contributed by atoms with Crippen LogP contribution >= 0.6 is 0 Å². The van der Waals surface area contributed by atoms with E-state index in [0.29, 0.717) is 19.7 Å². The number of ether oxygens (including phenoxy) is 1. The van der Waals surface area contributed by atoms with Crippen molar-refractivity contribution in [2.75, 3.05) is 32.1 Å². The summed E-state index contributed by atoms with van der Waals surface area (Å²) < 4.78 is 32.9. The Morgan fingerprint density at radius 1 is 1.33 bits per heavy atom. The molecule has 0 aliphatic carbocycles. The van der Waals surface area contributed by atoms with Gasteiger partial charge in [-0.25, -0.2) is 8.78 Å². The zero-order valence-electron chi connectivity index (χ0n) is 12.3. The van der Waals surface area contributed by atoms with Crippen LogP contribution in [0.4, 0.5) is 14.5 Å². The number of likely N-dealkylation sites (tertiary alicyclic amines) is 1. The van der Waals surface area contributed by atoms with Crippen molar-refractivity contribution >= 4 is 11.6 Å². The van der Waals surface area contributed by atoms with Gasteiger partial charge in [0.25, 0.3) is 5.91 Å². The third-order valence-corrected chi connectivity index (χ3v) is 3.67. The summed E-state index contributed by atoms with van der Waals surface area (Å²) in [6, 6.07) is 2.15. The topological polar surface area (TPSA) is 41.6 Å². The van der Waals surface area contributed by atoms with Crippen LogP contribution in [0.5, 0.6) is 0 Å². The maximum absolute atomic E-state index is 13.7. The second kappa shape index (κ2) is 6.85. The number of carbonyl (C=O) groups is 1. The highest BCUT2D eigenvalue weighted by Crippen LogP contribution is 2.22. The third-order valence-electron chi connectivity index (χ3n) is 3.67. The first-order valence-corrected chi connectivity index (χ1v) is 7.14. The first-order chi connectivity index (χ1) is 10.1. The summed E-state index contributed by atoms with van der Waals surface area (Å²) in [5.41, 5.74) is -0.180. The molecule has 1 amide bonds. The number of nitrogens with zero attached hydrogens (tertiary/aromatic N) is 1. The summed E-state index contributed by atoms with van der Waals surface area (Å²) in [7, 11) is 1.43. The number of halogens is 2. The van der Waals surface area contributed by atoms with Crippen molar-refractivity contribution in [3.63, 3.8) is 0 Å². The fourth-order valence-corrected chi connectivity index (χ4v) is 2.58. The molecule has 6 heteroatoms. The molecule has 0 aromatic heterocycles. The fourth-order valence-electron chi connectivity index (χ4n) is 2.58. The fraction of sp³-hybridized carbons (Fsp3) is 0.533. The van der Waals surface area contributed by atoms with Crippen molar-refractivity contribution < 1.29 is 18.3 Å². The van der Waals surface area contributed by atoms with Crippen LogP contribution in [-0.2, 0) is 4.74 Å². The maximum Gasteiger partial charge on any atom is 0.254 e. The number of hydrogen-bond donors (Lipinski definition) is 1. The summed E-state index contributed by atoms with van der Waals surface area (Å²) in [6.07, 6.45) is 1.66. The van der Waals surface area contributed by atoms with Gasteiger partial charge in [-0.05, 0) is 31.9 Å². The minimum atomic E-state index is -0.759. The molecule has 1 saturated heterocycles. The molecule has 0 atom stereocenters. The van der Waals surface area contributed by atoms with Crippen LogP contribution in [0.1, 0.15) is 30.1 Å². The Balaban J connectivity index is 2.07. The van der Waals surface area contributed by atoms with Crippen LogP contribution in [0.3, 0.4) is 0 Å². The van der Waals surface area contributed by atoms with Gasteiger partial charge in [-0.15, -0.1) is 0 Å². The second-order valence-corrected chi connectivity index (χ2v) is 5.01. The van der Waals surface area contributed by atoms with Crippen LogP contribution in [0.2, 0.25) is 0 Å². The van der Waals surface area contributed by atoms with Gasteiger partial charge in [0.05, 0.1) is 6.10 Å². The third kappa shape index (κ3) is 3.50. The van der Waals surface area contributed by atoms with Crippen molar-refractivity contribution in [3.8, 4) is 0 Å². The van der Waals surface area contributed by atoms with E-state index in [9.17, 15) is 13.6 Å². The van der Waals surface area contributed by atoms with Gasteiger partial charge in [0.15, 0.2) is 0 Å². The highest BCUT2D eigenvalue weighted by molar-refractivity contribution is 5.94. The lowest BCUT2D eigenvalue weighted by atomic mass is 10.1. The minimum absolute atomic E-state index is 0.0406. The lowest BCUT2D eigenvalue weighted by molar-refractivity contribution is 0.0146. The van der Waals surface area contributed by atoms with E-state index in [-0.39, 0.29) is 23.3 Å². The lowest BCUT2D eigenvalue weighted by Gasteiger charge is -2.31. The second-order valence-electron chi connectivity index (χ2n) is 5.01. The van der Waals surface area contributed by atoms with Crippen LogP contribution in [0.25, 0.3) is 0 Å². The summed E-state index contributed by atoms with van der Waals surface area (Å²) in [4.78, 5) is 13.9. The van der Waals surface area contributed by atoms with Gasteiger partial charge >= 0.3 is 0 Å². The molecule has 1 N–H and O–H groups in total. The average Bonchev–Trinajstić information content (AvgIpc) is 2.47. The molecule has 1 aliphatic heterocycles. The van der Waals surface area contributed by atoms with Crippen molar-refractivity contribution in [2.24, 2.45) is 0 Å². The van der Waals surface area contributed by atoms with E-state index in [2.05, 4.69) is 5.32 Å². The molecule has 116 valence electrons. The van der Waals surface area contributed by atoms with E-state index in [4.69, 9.17) is 4.74 Å². The molecular weight excluding hydrogens is 278 g/mol. The highest BCUT2D eigenvalue weighted by atomic mass is 19.1. The zero-order chi connectivity index (χ0) is 15.4. The SMILES string of the molecule is CCOC1CCN(C(=O)c2cc(F)c(NC)c(F)c2)CC1. The Hall–Kier alpha value is -1.69. The largest absolute Gasteiger partial charge is 0.383 e. The van der Waals surface area contributed by atoms with Crippen LogP contribution < -0.4 is 5.32 Å². The van der Waals surface area contributed by atoms with Gasteiger partial charge < -0.3 is 15.0 Å². The summed E-state index contributed by atoms with van der Waals surface area (Å²) in [6.45, 7) is 3.67. The standard InChI is InChI=1S/C15H20F2N2O2/c1-3-21-11-4-6-19(7-5-11)15(20)10-8-12(16)14(18-2)13(17)9-10/h8-9,11,18H,3-7H2,1-2H3. The van der Waals surface area contributed by atoms with E-state index >= 15 is 0 Å². The van der Waals surface area contributed by atoms with E-state index in [1.165, 1.54) is 7.05 Å². The predicted octanol–water partition coefficient (Wildman–Crippen LogP) is 2.65. The van der Waals surface area contributed by atoms with Crippen LogP contribution in [0, 0.1) is 11.6 Å². The monoisotopic (exact) mass is 298 g/mol. The van der Waals surface area contributed by atoms with Gasteiger partial charge in [0.1, 0.15) is 17.3 Å². The van der Waals surface area contributed by atoms with Crippen LogP contribution in [-0.4, -0.2) is 43.7 Å². The van der Waals surface area contributed by atoms with E-state index in [1.54, 1.807) is 4.90 Å². The van der Waals surface area contributed by atoms with E-state index in [0.717, 1.165) is 25.0 Å². The Bertz CT molecular complexity index is 491. The molecular formula is C15H20F2N2O2. The number of piperidine rings is 1. The first kappa shape index (κ1) is 15.7. The molecule has 1 heterocycles. The van der Waals surface area contributed by atoms with E-state index in [1.807, 2.05) is 6.92 Å². The van der Waals surface area contributed by atoms with Gasteiger partial charge in [-0.3, -0.25) is 4.79 Å². The van der Waals surface area contributed by atoms with Gasteiger partial charge in [0, 0.05) is 32.3 Å². The number of carbonyl (C=O) groups excluding carboxylic acids is 1. The Morgan fingerprint density at radius 2 is 1.90 bits per heavy atom. The number of nitrogens with one attached hydrogen (secondary N) is 1. The van der Waals surface area contributed by atoms with Gasteiger partial charge in [0.2, 0.25) is 0 Å². The molecule has 0 spiro atoms. The molecule has 0 unspecified atom stereocenters. The highest BCUT2D eigenvalue weighted by Gasteiger charge is 2.25. The molecule has 4 nitrogen and oxygen atoms in total. The smallest absolute Gasteiger partial charge is 0.254 e. The van der Waals surface area contributed by atoms with Crippen LogP contribution in [0.15, 0.2) is 12.1 Å². The molecule has 0 bridgehead atoms. The number of anilines is 1. The Kier molecular flexibility index (Phi) is 5.12. The molecule has 0 saturated carbocycles. The minimum Gasteiger partial charge on any atom is -0.383 e. The summed E-state index contributed by atoms with van der Waals surface area (Å²) >= 11 is 0. The summed E-state index contributed by atoms with van der Waals surface area (Å²) in [5, 5.41) is 2.44. The normalized spacial score (nSPS) is 16.1. The van der Waals surface area contributed by atoms with Crippen molar-refractivity contribution in [1.29, 1.82) is 0 Å². The molecule has 21 heavy (non-hydrogen) atoms. The Labute approximate surface area is 123 Å². The molecule has 2 rings (SSSR count). The molecule has 1 aliphatic rings. The molecule has 1 aromatic rings. The summed E-state index contributed by atoms with van der Waals surface area (Å²) in [5.74, 6) is -1.86. The Morgan fingerprint density at radius 3 is 2.38 bits per heavy atom. The van der Waals surface area contributed by atoms with Gasteiger partial charge in [-0.1, -0.05) is 0 Å². The van der Waals surface area contributed by atoms with E-state index < -0.39 is 11.6 Å². The first-order valence-electron chi connectivity index (χ1n) is 7.14. The molecule has 1 fully saturated rings. The quantitative estimate of drug-likeness (QED) is 0.929. The van der Waals surface area contributed by atoms with Gasteiger partial charge in [-0.2, -0.15) is 0 Å². The number of benzene rings is 1. The van der Waals surface area contributed by atoms with Crippen molar-refractivity contribution in [2.45, 2.75) is 25.9 Å². The lowest BCUT2D eigenvalue weighted by Crippen LogP contribution is -2.41. The predicted molar refractivity (Wildman–Crippen MR) is 76.5 cm³/mol. The number of rotatable bonds is 4. The number of amides is 1.